The lowest BCUT2D eigenvalue weighted by Crippen LogP contribution is -2.23. The number of unbranched alkanes of at least 4 members (excludes halogenated alkanes) is 1. The highest BCUT2D eigenvalue weighted by molar-refractivity contribution is 7.13. The third-order valence-corrected chi connectivity index (χ3v) is 4.66. The summed E-state index contributed by atoms with van der Waals surface area (Å²) < 4.78 is 12.0. The second kappa shape index (κ2) is 9.06. The van der Waals surface area contributed by atoms with Crippen molar-refractivity contribution in [2.24, 2.45) is 0 Å². The number of nitrogens with two attached hydrogens (primary N) is 1. The van der Waals surface area contributed by atoms with Crippen LogP contribution in [0, 0.1) is 11.3 Å². The normalized spacial score (nSPS) is 11.6. The third kappa shape index (κ3) is 5.22. The van der Waals surface area contributed by atoms with E-state index < -0.39 is 6.29 Å². The predicted molar refractivity (Wildman–Crippen MR) is 108 cm³/mol. The van der Waals surface area contributed by atoms with Crippen LogP contribution in [0.3, 0.4) is 0 Å². The van der Waals surface area contributed by atoms with Crippen LogP contribution >= 0.6 is 11.3 Å². The summed E-state index contributed by atoms with van der Waals surface area (Å²) in [7, 11) is 0. The van der Waals surface area contributed by atoms with Crippen LogP contribution in [0.15, 0.2) is 53.9 Å². The summed E-state index contributed by atoms with van der Waals surface area (Å²) in [6, 6.07) is 16.9. The molecule has 6 heteroatoms. The number of ether oxygens (including phenoxy) is 2. The van der Waals surface area contributed by atoms with Gasteiger partial charge in [-0.2, -0.15) is 5.26 Å². The smallest absolute Gasteiger partial charge is 0.241 e. The van der Waals surface area contributed by atoms with E-state index in [1.165, 1.54) is 11.3 Å². The Morgan fingerprint density at radius 2 is 1.70 bits per heavy atom. The quantitative estimate of drug-likeness (QED) is 0.541. The third-order valence-electron chi connectivity index (χ3n) is 3.98. The minimum Gasteiger partial charge on any atom is -0.455 e. The molecule has 3 aromatic rings. The van der Waals surface area contributed by atoms with Gasteiger partial charge in [-0.1, -0.05) is 13.3 Å². The Kier molecular flexibility index (Phi) is 6.29. The second-order valence-electron chi connectivity index (χ2n) is 6.04. The molecule has 0 saturated heterocycles. The summed E-state index contributed by atoms with van der Waals surface area (Å²) in [5, 5.41) is 11.4. The van der Waals surface area contributed by atoms with Gasteiger partial charge in [-0.3, -0.25) is 0 Å². The highest BCUT2D eigenvalue weighted by Gasteiger charge is 2.13. The maximum atomic E-state index is 8.90. The van der Waals surface area contributed by atoms with Gasteiger partial charge in [-0.25, -0.2) is 4.98 Å². The molecule has 0 aliphatic rings. The van der Waals surface area contributed by atoms with Crippen molar-refractivity contribution in [3.05, 3.63) is 59.5 Å². The molecule has 2 N–H and O–H groups in total. The topological polar surface area (TPSA) is 81.2 Å². The van der Waals surface area contributed by atoms with E-state index in [-0.39, 0.29) is 0 Å². The lowest BCUT2D eigenvalue weighted by Gasteiger charge is -2.20. The molecule has 0 amide bonds. The Hall–Kier alpha value is -3.04. The van der Waals surface area contributed by atoms with Crippen LogP contribution < -0.4 is 15.2 Å². The number of hydrogen-bond acceptors (Lipinski definition) is 6. The first-order valence-corrected chi connectivity index (χ1v) is 9.71. The maximum Gasteiger partial charge on any atom is 0.241 e. The first-order valence-electron chi connectivity index (χ1n) is 8.83. The molecule has 1 atom stereocenters. The SMILES string of the molecule is CCCCC(Oc1ccc(C#N)cc1)Oc1ccc(-c2csc(N)n2)cc1. The van der Waals surface area contributed by atoms with Gasteiger partial charge >= 0.3 is 0 Å². The Balaban J connectivity index is 1.68. The molecule has 0 spiro atoms. The highest BCUT2D eigenvalue weighted by atomic mass is 32.1. The molecular formula is C21H21N3O2S. The molecule has 0 fully saturated rings. The number of anilines is 1. The van der Waals surface area contributed by atoms with Gasteiger partial charge in [0.25, 0.3) is 0 Å². The van der Waals surface area contributed by atoms with E-state index in [1.807, 2.05) is 29.6 Å². The fraction of sp³-hybridized carbons (Fsp3) is 0.238. The van der Waals surface area contributed by atoms with Crippen LogP contribution in [0.4, 0.5) is 5.13 Å². The Morgan fingerprint density at radius 1 is 1.07 bits per heavy atom. The summed E-state index contributed by atoms with van der Waals surface area (Å²) in [5.41, 5.74) is 8.16. The van der Waals surface area contributed by atoms with Crippen molar-refractivity contribution >= 4 is 16.5 Å². The Labute approximate surface area is 163 Å². The molecule has 1 aromatic heterocycles. The zero-order chi connectivity index (χ0) is 19.1. The number of nitrogens with zero attached hydrogens (tertiary/aromatic N) is 2. The van der Waals surface area contributed by atoms with Crippen LogP contribution in [0.25, 0.3) is 11.3 Å². The molecule has 3 rings (SSSR count). The van der Waals surface area contributed by atoms with Crippen LogP contribution in [0.2, 0.25) is 0 Å². The van der Waals surface area contributed by atoms with Crippen LogP contribution in [0.5, 0.6) is 11.5 Å². The zero-order valence-electron chi connectivity index (χ0n) is 15.1. The number of thiazole rings is 1. The molecule has 1 unspecified atom stereocenters. The maximum absolute atomic E-state index is 8.90. The van der Waals surface area contributed by atoms with Crippen molar-refractivity contribution in [2.45, 2.75) is 32.5 Å². The molecular weight excluding hydrogens is 358 g/mol. The van der Waals surface area contributed by atoms with Crippen molar-refractivity contribution in [3.63, 3.8) is 0 Å². The van der Waals surface area contributed by atoms with Crippen LogP contribution in [-0.2, 0) is 0 Å². The summed E-state index contributed by atoms with van der Waals surface area (Å²) >= 11 is 1.42. The Bertz CT molecular complexity index is 898. The largest absolute Gasteiger partial charge is 0.455 e. The van der Waals surface area contributed by atoms with Gasteiger partial charge in [0, 0.05) is 17.4 Å². The van der Waals surface area contributed by atoms with Crippen LogP contribution in [-0.4, -0.2) is 11.3 Å². The number of nitrogen functional groups attached to an aromatic ring is 1. The standard InChI is InChI=1S/C21H21N3O2S/c1-2-3-4-20(25-17-9-5-15(13-22)6-10-17)26-18-11-7-16(8-12-18)19-14-27-21(23)24-19/h5-12,14,20H,2-4H2,1H3,(H2,23,24). The lowest BCUT2D eigenvalue weighted by atomic mass is 10.2. The molecule has 0 radical (unpaired) electrons. The zero-order valence-corrected chi connectivity index (χ0v) is 15.9. The minimum absolute atomic E-state index is 0.390. The molecule has 0 aliphatic carbocycles. The summed E-state index contributed by atoms with van der Waals surface area (Å²) in [6.45, 7) is 2.13. The molecule has 0 saturated carbocycles. The minimum atomic E-state index is -0.390. The number of aromatic nitrogens is 1. The van der Waals surface area contributed by atoms with E-state index >= 15 is 0 Å². The number of benzene rings is 2. The molecule has 1 heterocycles. The van der Waals surface area contributed by atoms with Crippen LogP contribution in [0.1, 0.15) is 31.7 Å². The number of rotatable bonds is 8. The van der Waals surface area contributed by atoms with Crippen molar-refractivity contribution in [3.8, 4) is 28.8 Å². The van der Waals surface area contributed by atoms with E-state index in [9.17, 15) is 0 Å². The first-order chi connectivity index (χ1) is 13.2. The summed E-state index contributed by atoms with van der Waals surface area (Å²) in [4.78, 5) is 4.29. The van der Waals surface area contributed by atoms with E-state index in [4.69, 9.17) is 20.5 Å². The van der Waals surface area contributed by atoms with Gasteiger partial charge in [-0.15, -0.1) is 11.3 Å². The van der Waals surface area contributed by atoms with Gasteiger partial charge in [-0.05, 0) is 55.0 Å². The van der Waals surface area contributed by atoms with E-state index in [1.54, 1.807) is 24.3 Å². The van der Waals surface area contributed by atoms with E-state index in [0.29, 0.717) is 16.4 Å². The monoisotopic (exact) mass is 379 g/mol. The molecule has 5 nitrogen and oxygen atoms in total. The van der Waals surface area contributed by atoms with E-state index in [0.717, 1.165) is 36.3 Å². The number of hydrogen-bond donors (Lipinski definition) is 1. The molecule has 2 aromatic carbocycles. The average Bonchev–Trinajstić information content (AvgIpc) is 3.13. The van der Waals surface area contributed by atoms with Gasteiger partial charge in [0.2, 0.25) is 6.29 Å². The second-order valence-corrected chi connectivity index (χ2v) is 6.93. The summed E-state index contributed by atoms with van der Waals surface area (Å²) in [5.74, 6) is 1.42. The molecule has 0 bridgehead atoms. The average molecular weight is 379 g/mol. The fourth-order valence-electron chi connectivity index (χ4n) is 2.55. The molecule has 0 aliphatic heterocycles. The molecule has 138 valence electrons. The fourth-order valence-corrected chi connectivity index (χ4v) is 3.12. The predicted octanol–water partition coefficient (Wildman–Crippen LogP) is 5.24. The van der Waals surface area contributed by atoms with Crippen molar-refractivity contribution < 1.29 is 9.47 Å². The first kappa shape index (κ1) is 18.7. The Morgan fingerprint density at radius 3 is 2.22 bits per heavy atom. The van der Waals surface area contributed by atoms with Gasteiger partial charge in [0.15, 0.2) is 5.13 Å². The highest BCUT2D eigenvalue weighted by Crippen LogP contribution is 2.26. The van der Waals surface area contributed by atoms with Gasteiger partial charge < -0.3 is 15.2 Å². The van der Waals surface area contributed by atoms with Crippen molar-refractivity contribution in [1.82, 2.24) is 4.98 Å². The van der Waals surface area contributed by atoms with E-state index in [2.05, 4.69) is 18.0 Å². The molecule has 27 heavy (non-hydrogen) atoms. The number of nitriles is 1. The van der Waals surface area contributed by atoms with Gasteiger partial charge in [0.05, 0.1) is 17.3 Å². The van der Waals surface area contributed by atoms with Crippen molar-refractivity contribution in [2.75, 3.05) is 5.73 Å². The lowest BCUT2D eigenvalue weighted by molar-refractivity contribution is -0.00211. The summed E-state index contributed by atoms with van der Waals surface area (Å²) in [6.07, 6.45) is 2.44. The van der Waals surface area contributed by atoms with Gasteiger partial charge in [0.1, 0.15) is 11.5 Å². The van der Waals surface area contributed by atoms with Crippen molar-refractivity contribution in [1.29, 1.82) is 5.26 Å².